The average Bonchev–Trinajstić information content (AvgIpc) is 2.93. The van der Waals surface area contributed by atoms with Crippen LogP contribution in [0.3, 0.4) is 0 Å². The van der Waals surface area contributed by atoms with Gasteiger partial charge in [-0.1, -0.05) is 5.16 Å². The standard InChI is InChI=1S/C15H13FN4O3/c1-3-22-15(21)12-11-13(17-8(2)18-14(11)23-20-12)19-10-6-4-9(16)5-7-10/h4-7H,3H2,1-2H3,(H,17,18,19). The number of ether oxygens (including phenoxy) is 1. The second-order valence-electron chi connectivity index (χ2n) is 4.68. The van der Waals surface area contributed by atoms with Gasteiger partial charge in [-0.05, 0) is 38.1 Å². The molecule has 2 aromatic heterocycles. The summed E-state index contributed by atoms with van der Waals surface area (Å²) in [5.74, 6) is -0.199. The Morgan fingerprint density at radius 1 is 1.30 bits per heavy atom. The first-order valence-corrected chi connectivity index (χ1v) is 6.92. The second kappa shape index (κ2) is 5.99. The molecule has 0 atom stereocenters. The molecule has 0 saturated carbocycles. The van der Waals surface area contributed by atoms with Gasteiger partial charge in [0.25, 0.3) is 5.71 Å². The predicted molar refractivity (Wildman–Crippen MR) is 80.0 cm³/mol. The number of anilines is 2. The number of hydrogen-bond donors (Lipinski definition) is 1. The number of halogens is 1. The number of nitrogens with zero attached hydrogens (tertiary/aromatic N) is 3. The summed E-state index contributed by atoms with van der Waals surface area (Å²) in [5.41, 5.74) is 0.762. The van der Waals surface area contributed by atoms with Gasteiger partial charge in [0.05, 0.1) is 6.61 Å². The summed E-state index contributed by atoms with van der Waals surface area (Å²) >= 11 is 0. The van der Waals surface area contributed by atoms with Crippen LogP contribution in [0, 0.1) is 12.7 Å². The first-order chi connectivity index (χ1) is 11.1. The highest BCUT2D eigenvalue weighted by Gasteiger charge is 2.23. The van der Waals surface area contributed by atoms with Crippen molar-refractivity contribution in [3.8, 4) is 0 Å². The molecule has 0 aliphatic heterocycles. The van der Waals surface area contributed by atoms with Crippen molar-refractivity contribution in [2.75, 3.05) is 11.9 Å². The van der Waals surface area contributed by atoms with E-state index in [0.29, 0.717) is 22.7 Å². The van der Waals surface area contributed by atoms with Crippen molar-refractivity contribution in [1.29, 1.82) is 0 Å². The fourth-order valence-electron chi connectivity index (χ4n) is 2.06. The van der Waals surface area contributed by atoms with Gasteiger partial charge in [0.15, 0.2) is 0 Å². The maximum Gasteiger partial charge on any atom is 0.361 e. The van der Waals surface area contributed by atoms with E-state index in [-0.39, 0.29) is 23.8 Å². The van der Waals surface area contributed by atoms with Crippen LogP contribution in [0.15, 0.2) is 28.8 Å². The van der Waals surface area contributed by atoms with Gasteiger partial charge in [-0.25, -0.2) is 14.2 Å². The molecule has 0 spiro atoms. The van der Waals surface area contributed by atoms with Crippen molar-refractivity contribution in [2.45, 2.75) is 13.8 Å². The Kier molecular flexibility index (Phi) is 3.88. The Balaban J connectivity index is 2.08. The maximum absolute atomic E-state index is 13.0. The first kappa shape index (κ1) is 14.9. The molecule has 3 rings (SSSR count). The molecule has 0 saturated heterocycles. The molecule has 0 bridgehead atoms. The van der Waals surface area contributed by atoms with Crippen LogP contribution in [0.1, 0.15) is 23.2 Å². The third-order valence-corrected chi connectivity index (χ3v) is 3.02. The molecule has 0 radical (unpaired) electrons. The fourth-order valence-corrected chi connectivity index (χ4v) is 2.06. The number of hydrogen-bond acceptors (Lipinski definition) is 7. The Hall–Kier alpha value is -3.03. The summed E-state index contributed by atoms with van der Waals surface area (Å²) < 4.78 is 23.1. The van der Waals surface area contributed by atoms with E-state index in [1.807, 2.05) is 0 Å². The SMILES string of the molecule is CCOC(=O)c1noc2nc(C)nc(Nc3ccc(F)cc3)c12. The Morgan fingerprint density at radius 3 is 2.74 bits per heavy atom. The van der Waals surface area contributed by atoms with Gasteiger partial charge < -0.3 is 14.6 Å². The van der Waals surface area contributed by atoms with Gasteiger partial charge in [-0.3, -0.25) is 0 Å². The zero-order chi connectivity index (χ0) is 16.4. The van der Waals surface area contributed by atoms with Crippen LogP contribution in [-0.4, -0.2) is 27.7 Å². The maximum atomic E-state index is 13.0. The van der Waals surface area contributed by atoms with Crippen molar-refractivity contribution < 1.29 is 18.4 Å². The lowest BCUT2D eigenvalue weighted by Gasteiger charge is -2.07. The van der Waals surface area contributed by atoms with Gasteiger partial charge >= 0.3 is 5.97 Å². The molecular weight excluding hydrogens is 303 g/mol. The summed E-state index contributed by atoms with van der Waals surface area (Å²) in [6.07, 6.45) is 0. The van der Waals surface area contributed by atoms with Crippen molar-refractivity contribution in [1.82, 2.24) is 15.1 Å². The van der Waals surface area contributed by atoms with E-state index in [9.17, 15) is 9.18 Å². The number of nitrogens with one attached hydrogen (secondary N) is 1. The summed E-state index contributed by atoms with van der Waals surface area (Å²) in [7, 11) is 0. The number of benzene rings is 1. The molecule has 0 fully saturated rings. The minimum atomic E-state index is -0.624. The zero-order valence-electron chi connectivity index (χ0n) is 12.5. The van der Waals surface area contributed by atoms with Crippen LogP contribution in [0.4, 0.5) is 15.9 Å². The van der Waals surface area contributed by atoms with Gasteiger partial charge in [0.2, 0.25) is 5.69 Å². The monoisotopic (exact) mass is 316 g/mol. The number of aryl methyl sites for hydroxylation is 1. The minimum absolute atomic E-state index is 0.00791. The Bertz CT molecular complexity index is 861. The van der Waals surface area contributed by atoms with Crippen LogP contribution in [0.25, 0.3) is 11.1 Å². The van der Waals surface area contributed by atoms with Crippen LogP contribution >= 0.6 is 0 Å². The van der Waals surface area contributed by atoms with E-state index in [0.717, 1.165) is 0 Å². The Morgan fingerprint density at radius 2 is 2.04 bits per heavy atom. The van der Waals surface area contributed by atoms with E-state index in [1.54, 1.807) is 26.0 Å². The van der Waals surface area contributed by atoms with Gasteiger partial charge in [-0.2, -0.15) is 4.98 Å². The summed E-state index contributed by atoms with van der Waals surface area (Å²) in [6, 6.07) is 5.73. The number of esters is 1. The number of fused-ring (bicyclic) bond motifs is 1. The topological polar surface area (TPSA) is 90.1 Å². The molecule has 23 heavy (non-hydrogen) atoms. The molecule has 3 aromatic rings. The van der Waals surface area contributed by atoms with Crippen molar-refractivity contribution in [2.24, 2.45) is 0 Å². The molecule has 0 amide bonds. The van der Waals surface area contributed by atoms with E-state index >= 15 is 0 Å². The van der Waals surface area contributed by atoms with Crippen LogP contribution < -0.4 is 5.32 Å². The zero-order valence-corrected chi connectivity index (χ0v) is 12.5. The number of aromatic nitrogens is 3. The highest BCUT2D eigenvalue weighted by Crippen LogP contribution is 2.27. The van der Waals surface area contributed by atoms with Crippen molar-refractivity contribution >= 4 is 28.6 Å². The molecular formula is C15H13FN4O3. The minimum Gasteiger partial charge on any atom is -0.461 e. The van der Waals surface area contributed by atoms with Crippen LogP contribution in [0.2, 0.25) is 0 Å². The number of carbonyl (C=O) groups excluding carboxylic acids is 1. The number of carbonyl (C=O) groups is 1. The summed E-state index contributed by atoms with van der Waals surface area (Å²) in [5, 5.41) is 7.05. The van der Waals surface area contributed by atoms with Gasteiger partial charge in [-0.15, -0.1) is 0 Å². The largest absolute Gasteiger partial charge is 0.461 e. The molecule has 0 aliphatic rings. The van der Waals surface area contributed by atoms with E-state index in [2.05, 4.69) is 20.4 Å². The van der Waals surface area contributed by atoms with E-state index < -0.39 is 5.97 Å². The second-order valence-corrected chi connectivity index (χ2v) is 4.68. The lowest BCUT2D eigenvalue weighted by atomic mass is 10.2. The van der Waals surface area contributed by atoms with Crippen molar-refractivity contribution in [3.63, 3.8) is 0 Å². The highest BCUT2D eigenvalue weighted by atomic mass is 19.1. The van der Waals surface area contributed by atoms with Crippen molar-refractivity contribution in [3.05, 3.63) is 41.6 Å². The molecule has 8 heteroatoms. The fraction of sp³-hybridized carbons (Fsp3) is 0.200. The normalized spacial score (nSPS) is 10.7. The molecule has 1 aromatic carbocycles. The third-order valence-electron chi connectivity index (χ3n) is 3.02. The molecule has 7 nitrogen and oxygen atoms in total. The summed E-state index contributed by atoms with van der Waals surface area (Å²) in [4.78, 5) is 20.4. The summed E-state index contributed by atoms with van der Waals surface area (Å²) in [6.45, 7) is 3.58. The van der Waals surface area contributed by atoms with Crippen LogP contribution in [0.5, 0.6) is 0 Å². The first-order valence-electron chi connectivity index (χ1n) is 6.92. The Labute approximate surface area is 130 Å². The van der Waals surface area contributed by atoms with Gasteiger partial charge in [0.1, 0.15) is 22.8 Å². The average molecular weight is 316 g/mol. The molecule has 1 N–H and O–H groups in total. The molecule has 118 valence electrons. The highest BCUT2D eigenvalue weighted by molar-refractivity contribution is 6.05. The molecule has 0 aliphatic carbocycles. The van der Waals surface area contributed by atoms with E-state index in [1.165, 1.54) is 12.1 Å². The van der Waals surface area contributed by atoms with E-state index in [4.69, 9.17) is 9.26 Å². The van der Waals surface area contributed by atoms with Crippen LogP contribution in [-0.2, 0) is 4.74 Å². The quantitative estimate of drug-likeness (QED) is 0.740. The molecule has 0 unspecified atom stereocenters. The smallest absolute Gasteiger partial charge is 0.361 e. The molecule has 2 heterocycles. The predicted octanol–water partition coefficient (Wildman–Crippen LogP) is 2.99. The van der Waals surface area contributed by atoms with Gasteiger partial charge in [0, 0.05) is 5.69 Å². The lowest BCUT2D eigenvalue weighted by molar-refractivity contribution is 0.0517. The lowest BCUT2D eigenvalue weighted by Crippen LogP contribution is -2.07. The number of rotatable bonds is 4. The third kappa shape index (κ3) is 2.96.